The molecule has 0 rings (SSSR count). The van der Waals surface area contributed by atoms with Gasteiger partial charge in [0.05, 0.1) is 0 Å². The third-order valence-electron chi connectivity index (χ3n) is 10.9. The number of carbonyl (C=O) groups excluding carboxylic acids is 3. The van der Waals surface area contributed by atoms with E-state index in [9.17, 15) is 14.4 Å². The van der Waals surface area contributed by atoms with E-state index in [0.717, 1.165) is 83.5 Å². The zero-order valence-electron chi connectivity index (χ0n) is 39.0. The van der Waals surface area contributed by atoms with Crippen molar-refractivity contribution in [3.8, 4) is 0 Å². The summed E-state index contributed by atoms with van der Waals surface area (Å²) in [5, 5.41) is 0. The normalized spacial score (nSPS) is 12.4. The van der Waals surface area contributed by atoms with E-state index < -0.39 is 6.10 Å². The van der Waals surface area contributed by atoms with Gasteiger partial charge in [-0.3, -0.25) is 14.4 Å². The molecule has 0 aliphatic heterocycles. The van der Waals surface area contributed by atoms with Crippen LogP contribution in [0.4, 0.5) is 0 Å². The van der Waals surface area contributed by atoms with Crippen LogP contribution in [0, 0.1) is 0 Å². The van der Waals surface area contributed by atoms with Crippen LogP contribution in [-0.2, 0) is 28.6 Å². The molecule has 1 atom stereocenters. The molecule has 0 spiro atoms. The quantitative estimate of drug-likeness (QED) is 0.0200. The highest BCUT2D eigenvalue weighted by Gasteiger charge is 2.19. The molecule has 0 saturated carbocycles. The van der Waals surface area contributed by atoms with E-state index in [-0.39, 0.29) is 31.1 Å². The number of rotatable bonds is 45. The van der Waals surface area contributed by atoms with Crippen molar-refractivity contribution >= 4 is 17.9 Å². The van der Waals surface area contributed by atoms with Crippen LogP contribution in [0.3, 0.4) is 0 Å². The van der Waals surface area contributed by atoms with E-state index >= 15 is 0 Å². The standard InChI is InChI=1S/C53H94O6/c1-4-7-10-13-16-19-22-25-26-29-31-34-37-40-43-46-52(55)58-49-50(59-53(56)47-44-41-38-35-32-28-24-21-18-15-12-9-6-3)48-57-51(54)45-42-39-36-33-30-27-23-20-17-14-11-8-5-2/h9,12,15,18-19,21-22,24,50H,4-8,10-11,13-14,16-17,20,23,25-49H2,1-3H3/b12-9-,18-15-,22-19-,24-21-. The highest BCUT2D eigenvalue weighted by molar-refractivity contribution is 5.71. The third kappa shape index (κ3) is 46.3. The lowest BCUT2D eigenvalue weighted by Gasteiger charge is -2.18. The zero-order chi connectivity index (χ0) is 43.0. The highest BCUT2D eigenvalue weighted by atomic mass is 16.6. The van der Waals surface area contributed by atoms with Crippen molar-refractivity contribution in [3.63, 3.8) is 0 Å². The van der Waals surface area contributed by atoms with Crippen LogP contribution >= 0.6 is 0 Å². The summed E-state index contributed by atoms with van der Waals surface area (Å²) in [5.41, 5.74) is 0. The lowest BCUT2D eigenvalue weighted by Crippen LogP contribution is -2.30. The van der Waals surface area contributed by atoms with Crippen molar-refractivity contribution in [2.75, 3.05) is 13.2 Å². The van der Waals surface area contributed by atoms with Crippen LogP contribution in [0.25, 0.3) is 0 Å². The van der Waals surface area contributed by atoms with Gasteiger partial charge in [-0.15, -0.1) is 0 Å². The maximum atomic E-state index is 12.8. The molecule has 0 heterocycles. The van der Waals surface area contributed by atoms with Crippen LogP contribution in [0.1, 0.15) is 252 Å². The Balaban J connectivity index is 4.39. The highest BCUT2D eigenvalue weighted by Crippen LogP contribution is 2.15. The smallest absolute Gasteiger partial charge is 0.306 e. The molecular formula is C53H94O6. The lowest BCUT2D eigenvalue weighted by molar-refractivity contribution is -0.167. The second kappa shape index (κ2) is 48.0. The first-order valence-electron chi connectivity index (χ1n) is 25.2. The van der Waals surface area contributed by atoms with Crippen LogP contribution < -0.4 is 0 Å². The Morgan fingerprint density at radius 1 is 0.356 bits per heavy atom. The molecular weight excluding hydrogens is 733 g/mol. The van der Waals surface area contributed by atoms with Crippen molar-refractivity contribution in [1.82, 2.24) is 0 Å². The van der Waals surface area contributed by atoms with Crippen LogP contribution in [0.5, 0.6) is 0 Å². The van der Waals surface area contributed by atoms with E-state index in [2.05, 4.69) is 69.4 Å². The van der Waals surface area contributed by atoms with Gasteiger partial charge in [0.2, 0.25) is 0 Å². The monoisotopic (exact) mass is 827 g/mol. The Morgan fingerprint density at radius 3 is 1.08 bits per heavy atom. The van der Waals surface area contributed by atoms with E-state index in [0.29, 0.717) is 19.3 Å². The Morgan fingerprint density at radius 2 is 0.678 bits per heavy atom. The van der Waals surface area contributed by atoms with Crippen molar-refractivity contribution in [3.05, 3.63) is 48.6 Å². The molecule has 0 radical (unpaired) electrons. The van der Waals surface area contributed by atoms with Gasteiger partial charge in [-0.25, -0.2) is 0 Å². The summed E-state index contributed by atoms with van der Waals surface area (Å²) in [5.74, 6) is -0.900. The number of esters is 3. The van der Waals surface area contributed by atoms with E-state index in [1.165, 1.54) is 128 Å². The van der Waals surface area contributed by atoms with Crippen LogP contribution in [0.15, 0.2) is 48.6 Å². The van der Waals surface area contributed by atoms with Crippen molar-refractivity contribution in [1.29, 1.82) is 0 Å². The third-order valence-corrected chi connectivity index (χ3v) is 10.9. The molecule has 6 nitrogen and oxygen atoms in total. The molecule has 342 valence electrons. The van der Waals surface area contributed by atoms with Crippen molar-refractivity contribution in [2.24, 2.45) is 0 Å². The Hall–Kier alpha value is -2.63. The summed E-state index contributed by atoms with van der Waals surface area (Å²) in [6.45, 7) is 6.48. The second-order valence-electron chi connectivity index (χ2n) is 16.8. The Labute approximate surface area is 365 Å². The number of unbranched alkanes of at least 4 members (excludes halogenated alkanes) is 28. The molecule has 0 aromatic rings. The van der Waals surface area contributed by atoms with Gasteiger partial charge < -0.3 is 14.2 Å². The lowest BCUT2D eigenvalue weighted by atomic mass is 10.0. The minimum Gasteiger partial charge on any atom is -0.462 e. The molecule has 0 amide bonds. The average Bonchev–Trinajstić information content (AvgIpc) is 3.23. The van der Waals surface area contributed by atoms with Gasteiger partial charge in [0.1, 0.15) is 13.2 Å². The maximum Gasteiger partial charge on any atom is 0.306 e. The number of carbonyl (C=O) groups is 3. The predicted octanol–water partition coefficient (Wildman–Crippen LogP) is 16.3. The average molecular weight is 827 g/mol. The summed E-state index contributed by atoms with van der Waals surface area (Å²) in [6, 6.07) is 0. The van der Waals surface area contributed by atoms with Gasteiger partial charge in [0.15, 0.2) is 6.10 Å². The Kier molecular flexibility index (Phi) is 45.9. The molecule has 0 aliphatic rings. The second-order valence-corrected chi connectivity index (χ2v) is 16.8. The first-order valence-corrected chi connectivity index (χ1v) is 25.2. The minimum atomic E-state index is -0.781. The van der Waals surface area contributed by atoms with Gasteiger partial charge in [-0.2, -0.15) is 0 Å². The van der Waals surface area contributed by atoms with E-state index in [1.54, 1.807) is 0 Å². The molecule has 0 aromatic carbocycles. The molecule has 0 fully saturated rings. The summed E-state index contributed by atoms with van der Waals surface area (Å²) in [6.07, 6.45) is 56.6. The molecule has 1 unspecified atom stereocenters. The van der Waals surface area contributed by atoms with Crippen molar-refractivity contribution in [2.45, 2.75) is 258 Å². The largest absolute Gasteiger partial charge is 0.462 e. The molecule has 0 aliphatic carbocycles. The zero-order valence-corrected chi connectivity index (χ0v) is 39.0. The van der Waals surface area contributed by atoms with E-state index in [4.69, 9.17) is 14.2 Å². The van der Waals surface area contributed by atoms with Gasteiger partial charge in [0, 0.05) is 19.3 Å². The van der Waals surface area contributed by atoms with E-state index in [1.807, 2.05) is 0 Å². The number of ether oxygens (including phenoxy) is 3. The molecule has 0 N–H and O–H groups in total. The number of hydrogen-bond donors (Lipinski definition) is 0. The summed E-state index contributed by atoms with van der Waals surface area (Å²) in [4.78, 5) is 37.9. The van der Waals surface area contributed by atoms with Gasteiger partial charge in [0.25, 0.3) is 0 Å². The molecule has 59 heavy (non-hydrogen) atoms. The fourth-order valence-electron chi connectivity index (χ4n) is 7.08. The first-order chi connectivity index (χ1) is 29.0. The first kappa shape index (κ1) is 56.4. The SMILES string of the molecule is CC\C=C/C=C\C=C/CCCCCCCC(=O)OC(COC(=O)CCCCCCCCC/C=C\CCCCCC)COC(=O)CCCCCCCCCCCCCCC. The molecule has 0 bridgehead atoms. The van der Waals surface area contributed by atoms with Gasteiger partial charge >= 0.3 is 17.9 Å². The Bertz CT molecular complexity index is 1040. The molecule has 0 aromatic heterocycles. The minimum absolute atomic E-state index is 0.0807. The number of allylic oxidation sites excluding steroid dienone is 8. The molecule has 6 heteroatoms. The molecule has 0 saturated heterocycles. The van der Waals surface area contributed by atoms with Gasteiger partial charge in [-0.1, -0.05) is 217 Å². The number of hydrogen-bond acceptors (Lipinski definition) is 6. The topological polar surface area (TPSA) is 78.9 Å². The van der Waals surface area contributed by atoms with Crippen LogP contribution in [0.2, 0.25) is 0 Å². The summed E-state index contributed by atoms with van der Waals surface area (Å²) >= 11 is 0. The van der Waals surface area contributed by atoms with Crippen LogP contribution in [-0.4, -0.2) is 37.2 Å². The predicted molar refractivity (Wildman–Crippen MR) is 252 cm³/mol. The van der Waals surface area contributed by atoms with Gasteiger partial charge in [-0.05, 0) is 64.2 Å². The fraction of sp³-hybridized carbons (Fsp3) is 0.792. The summed E-state index contributed by atoms with van der Waals surface area (Å²) in [7, 11) is 0. The fourth-order valence-corrected chi connectivity index (χ4v) is 7.08. The van der Waals surface area contributed by atoms with Crippen molar-refractivity contribution < 1.29 is 28.6 Å². The maximum absolute atomic E-state index is 12.8. The summed E-state index contributed by atoms with van der Waals surface area (Å²) < 4.78 is 16.8.